The highest BCUT2D eigenvalue weighted by Gasteiger charge is 2.25. The van der Waals surface area contributed by atoms with Crippen molar-refractivity contribution in [3.63, 3.8) is 0 Å². The molecule has 2 aromatic rings. The van der Waals surface area contributed by atoms with Gasteiger partial charge < -0.3 is 5.73 Å². The Labute approximate surface area is 114 Å². The van der Waals surface area contributed by atoms with Crippen LogP contribution < -0.4 is 10.5 Å². The lowest BCUT2D eigenvalue weighted by Gasteiger charge is -2.15. The van der Waals surface area contributed by atoms with Gasteiger partial charge in [-0.1, -0.05) is 6.07 Å². The van der Waals surface area contributed by atoms with E-state index in [9.17, 15) is 17.2 Å². The van der Waals surface area contributed by atoms with E-state index in [2.05, 4.69) is 14.9 Å². The highest BCUT2D eigenvalue weighted by molar-refractivity contribution is 7.89. The van der Waals surface area contributed by atoms with Gasteiger partial charge in [0.2, 0.25) is 10.0 Å². The summed E-state index contributed by atoms with van der Waals surface area (Å²) in [5, 5.41) is 5.76. The Balaban J connectivity index is 2.33. The van der Waals surface area contributed by atoms with Gasteiger partial charge in [-0.3, -0.25) is 5.10 Å². The second-order valence-corrected chi connectivity index (χ2v) is 5.81. The molecule has 0 fully saturated rings. The first-order chi connectivity index (χ1) is 9.33. The summed E-state index contributed by atoms with van der Waals surface area (Å²) < 4.78 is 53.4. The topological polar surface area (TPSA) is 101 Å². The van der Waals surface area contributed by atoms with Gasteiger partial charge in [0.15, 0.2) is 0 Å². The standard InChI is InChI=1S/C11H12F2N4O2S/c1-6(10-7(12)3-2-4-8(10)13)17-20(18,19)9-5-15-16-11(9)14/h2-6,17H,1H3,(H3,14,15,16). The summed E-state index contributed by atoms with van der Waals surface area (Å²) in [5.74, 6) is -1.82. The number of nitrogens with zero attached hydrogens (tertiary/aromatic N) is 1. The summed E-state index contributed by atoms with van der Waals surface area (Å²) in [6.07, 6.45) is 1.02. The first-order valence-electron chi connectivity index (χ1n) is 5.58. The Kier molecular flexibility index (Phi) is 3.73. The van der Waals surface area contributed by atoms with Crippen molar-refractivity contribution in [1.29, 1.82) is 0 Å². The summed E-state index contributed by atoms with van der Waals surface area (Å²) >= 11 is 0. The molecule has 0 aliphatic heterocycles. The molecule has 1 aromatic heterocycles. The molecule has 9 heteroatoms. The first kappa shape index (κ1) is 14.4. The fourth-order valence-corrected chi connectivity index (χ4v) is 3.02. The van der Waals surface area contributed by atoms with Crippen LogP contribution in [0.15, 0.2) is 29.3 Å². The monoisotopic (exact) mass is 302 g/mol. The van der Waals surface area contributed by atoms with Crippen molar-refractivity contribution in [3.8, 4) is 0 Å². The number of halogens is 2. The molecule has 1 atom stereocenters. The zero-order valence-corrected chi connectivity index (χ0v) is 11.2. The predicted molar refractivity (Wildman–Crippen MR) is 68.1 cm³/mol. The van der Waals surface area contributed by atoms with Crippen LogP contribution in [0, 0.1) is 11.6 Å². The van der Waals surface area contributed by atoms with Crippen LogP contribution >= 0.6 is 0 Å². The second kappa shape index (κ2) is 5.17. The van der Waals surface area contributed by atoms with E-state index in [1.807, 2.05) is 0 Å². The molecule has 0 bridgehead atoms. The van der Waals surface area contributed by atoms with Crippen LogP contribution in [0.1, 0.15) is 18.5 Å². The van der Waals surface area contributed by atoms with Crippen molar-refractivity contribution < 1.29 is 17.2 Å². The Morgan fingerprint density at radius 1 is 1.35 bits per heavy atom. The average Bonchev–Trinajstić information content (AvgIpc) is 2.75. The predicted octanol–water partition coefficient (Wildman–Crippen LogP) is 1.31. The van der Waals surface area contributed by atoms with Gasteiger partial charge in [0.05, 0.1) is 6.20 Å². The van der Waals surface area contributed by atoms with Crippen molar-refractivity contribution in [2.75, 3.05) is 5.73 Å². The fraction of sp³-hybridized carbons (Fsp3) is 0.182. The molecule has 0 aliphatic rings. The Morgan fingerprint density at radius 3 is 2.45 bits per heavy atom. The number of nitrogen functional groups attached to an aromatic ring is 1. The smallest absolute Gasteiger partial charge is 0.246 e. The molecule has 4 N–H and O–H groups in total. The van der Waals surface area contributed by atoms with Gasteiger partial charge in [-0.25, -0.2) is 21.9 Å². The summed E-state index contributed by atoms with van der Waals surface area (Å²) in [6, 6.07) is 2.20. The normalized spacial score (nSPS) is 13.3. The maximum atomic E-state index is 13.6. The number of aromatic amines is 1. The van der Waals surface area contributed by atoms with E-state index < -0.39 is 27.7 Å². The van der Waals surface area contributed by atoms with Crippen molar-refractivity contribution in [2.45, 2.75) is 17.9 Å². The molecule has 1 unspecified atom stereocenters. The first-order valence-corrected chi connectivity index (χ1v) is 7.06. The van der Waals surface area contributed by atoms with E-state index in [1.165, 1.54) is 13.0 Å². The second-order valence-electron chi connectivity index (χ2n) is 4.13. The van der Waals surface area contributed by atoms with Gasteiger partial charge in [-0.15, -0.1) is 0 Å². The number of nitrogens with one attached hydrogen (secondary N) is 2. The SMILES string of the molecule is CC(NS(=O)(=O)c1cn[nH]c1N)c1c(F)cccc1F. The molecule has 1 aromatic carbocycles. The molecule has 0 aliphatic carbocycles. The highest BCUT2D eigenvalue weighted by Crippen LogP contribution is 2.23. The van der Waals surface area contributed by atoms with E-state index >= 15 is 0 Å². The highest BCUT2D eigenvalue weighted by atomic mass is 32.2. The summed E-state index contributed by atoms with van der Waals surface area (Å²) in [5.41, 5.74) is 5.05. The van der Waals surface area contributed by atoms with Gasteiger partial charge in [0.1, 0.15) is 22.3 Å². The van der Waals surface area contributed by atoms with E-state index in [4.69, 9.17) is 5.73 Å². The maximum Gasteiger partial charge on any atom is 0.246 e. The number of hydrogen-bond acceptors (Lipinski definition) is 4. The summed E-state index contributed by atoms with van der Waals surface area (Å²) in [7, 11) is -4.03. The van der Waals surface area contributed by atoms with E-state index in [0.717, 1.165) is 18.3 Å². The largest absolute Gasteiger partial charge is 0.383 e. The number of anilines is 1. The van der Waals surface area contributed by atoms with Crippen LogP contribution in [-0.2, 0) is 10.0 Å². The van der Waals surface area contributed by atoms with Gasteiger partial charge in [0.25, 0.3) is 0 Å². The molecule has 1 heterocycles. The molecule has 20 heavy (non-hydrogen) atoms. The molecular weight excluding hydrogens is 290 g/mol. The Bertz CT molecular complexity index is 710. The molecule has 2 rings (SSSR count). The lowest BCUT2D eigenvalue weighted by Crippen LogP contribution is -2.28. The lowest BCUT2D eigenvalue weighted by atomic mass is 10.1. The van der Waals surface area contributed by atoms with Gasteiger partial charge in [-0.05, 0) is 19.1 Å². The van der Waals surface area contributed by atoms with E-state index in [1.54, 1.807) is 0 Å². The fourth-order valence-electron chi connectivity index (χ4n) is 1.78. The third-order valence-corrected chi connectivity index (χ3v) is 4.25. The minimum absolute atomic E-state index is 0.154. The minimum atomic E-state index is -4.03. The molecular formula is C11H12F2N4O2S. The number of rotatable bonds is 4. The summed E-state index contributed by atoms with van der Waals surface area (Å²) in [4.78, 5) is -0.277. The molecule has 0 saturated carbocycles. The van der Waals surface area contributed by atoms with Crippen LogP contribution in [0.25, 0.3) is 0 Å². The van der Waals surface area contributed by atoms with Crippen molar-refractivity contribution in [1.82, 2.24) is 14.9 Å². The zero-order chi connectivity index (χ0) is 14.9. The van der Waals surface area contributed by atoms with Crippen molar-refractivity contribution in [3.05, 3.63) is 41.6 Å². The molecule has 108 valence electrons. The molecule has 0 spiro atoms. The lowest BCUT2D eigenvalue weighted by molar-refractivity contribution is 0.515. The molecule has 0 radical (unpaired) electrons. The van der Waals surface area contributed by atoms with Crippen LogP contribution in [0.4, 0.5) is 14.6 Å². The number of hydrogen-bond donors (Lipinski definition) is 3. The minimum Gasteiger partial charge on any atom is -0.383 e. The summed E-state index contributed by atoms with van der Waals surface area (Å²) in [6.45, 7) is 1.33. The number of H-pyrrole nitrogens is 1. The molecule has 6 nitrogen and oxygen atoms in total. The quantitative estimate of drug-likeness (QED) is 0.792. The maximum absolute atomic E-state index is 13.6. The Morgan fingerprint density at radius 2 is 1.95 bits per heavy atom. The number of sulfonamides is 1. The average molecular weight is 302 g/mol. The van der Waals surface area contributed by atoms with Crippen molar-refractivity contribution >= 4 is 15.8 Å². The third kappa shape index (κ3) is 2.63. The molecule has 0 amide bonds. The van der Waals surface area contributed by atoms with Crippen LogP contribution in [0.2, 0.25) is 0 Å². The van der Waals surface area contributed by atoms with Crippen LogP contribution in [0.3, 0.4) is 0 Å². The van der Waals surface area contributed by atoms with E-state index in [-0.39, 0.29) is 16.3 Å². The van der Waals surface area contributed by atoms with Crippen LogP contribution in [0.5, 0.6) is 0 Å². The molecule has 0 saturated heterocycles. The van der Waals surface area contributed by atoms with Gasteiger partial charge in [0, 0.05) is 11.6 Å². The Hall–Kier alpha value is -2.00. The van der Waals surface area contributed by atoms with Gasteiger partial charge in [-0.2, -0.15) is 5.10 Å². The third-order valence-electron chi connectivity index (χ3n) is 2.69. The number of benzene rings is 1. The zero-order valence-electron chi connectivity index (χ0n) is 10.4. The number of nitrogens with two attached hydrogens (primary N) is 1. The van der Waals surface area contributed by atoms with Crippen molar-refractivity contribution in [2.24, 2.45) is 0 Å². The van der Waals surface area contributed by atoms with Crippen LogP contribution in [-0.4, -0.2) is 18.6 Å². The number of aromatic nitrogens is 2. The van der Waals surface area contributed by atoms with E-state index in [0.29, 0.717) is 0 Å². The van der Waals surface area contributed by atoms with Gasteiger partial charge >= 0.3 is 0 Å².